The molecule has 4 aromatic heterocycles. The quantitative estimate of drug-likeness (QED) is 0.496. The average molecular weight is 442 g/mol. The van der Waals surface area contributed by atoms with Crippen molar-refractivity contribution in [2.45, 2.75) is 44.7 Å². The Morgan fingerprint density at radius 2 is 1.97 bits per heavy atom. The van der Waals surface area contributed by atoms with Crippen molar-refractivity contribution in [3.05, 3.63) is 36.8 Å². The van der Waals surface area contributed by atoms with E-state index in [1.165, 1.54) is 25.7 Å². The Morgan fingerprint density at radius 1 is 1.09 bits per heavy atom. The average Bonchev–Trinajstić information content (AvgIpc) is 3.35. The van der Waals surface area contributed by atoms with Gasteiger partial charge in [0.25, 0.3) is 0 Å². The van der Waals surface area contributed by atoms with E-state index in [4.69, 9.17) is 10.7 Å². The molecular formula is C24H27N9. The highest BCUT2D eigenvalue weighted by atomic mass is 15.3. The van der Waals surface area contributed by atoms with Gasteiger partial charge in [-0.1, -0.05) is 19.8 Å². The molecule has 7 rings (SSSR count). The molecule has 0 amide bonds. The molecule has 3 atom stereocenters. The highest BCUT2D eigenvalue weighted by Gasteiger charge is 2.64. The van der Waals surface area contributed by atoms with Crippen molar-refractivity contribution in [1.82, 2.24) is 29.7 Å². The van der Waals surface area contributed by atoms with E-state index in [1.807, 2.05) is 30.7 Å². The van der Waals surface area contributed by atoms with Gasteiger partial charge in [-0.3, -0.25) is 4.98 Å². The van der Waals surface area contributed by atoms with Crippen LogP contribution in [-0.4, -0.2) is 48.8 Å². The minimum Gasteiger partial charge on any atom is -0.354 e. The van der Waals surface area contributed by atoms with Crippen LogP contribution in [0.25, 0.3) is 21.9 Å². The molecular weight excluding hydrogens is 414 g/mol. The fraction of sp³-hybridized carbons (Fsp3) is 0.458. The van der Waals surface area contributed by atoms with Crippen molar-refractivity contribution < 1.29 is 0 Å². The molecule has 33 heavy (non-hydrogen) atoms. The molecule has 1 aliphatic heterocycles. The van der Waals surface area contributed by atoms with Gasteiger partial charge in [-0.2, -0.15) is 4.98 Å². The number of hydrogen-bond acceptors (Lipinski definition) is 8. The summed E-state index contributed by atoms with van der Waals surface area (Å²) in [6, 6.07) is 6.79. The molecule has 3 aliphatic rings. The van der Waals surface area contributed by atoms with Gasteiger partial charge in [0, 0.05) is 59.7 Å². The maximum atomic E-state index is 6.18. The largest absolute Gasteiger partial charge is 0.354 e. The van der Waals surface area contributed by atoms with Crippen LogP contribution in [-0.2, 0) is 0 Å². The maximum absolute atomic E-state index is 6.18. The van der Waals surface area contributed by atoms with Crippen molar-refractivity contribution in [2.75, 3.05) is 23.3 Å². The molecule has 3 N–H and O–H groups in total. The summed E-state index contributed by atoms with van der Waals surface area (Å²) >= 11 is 0. The Balaban J connectivity index is 1.18. The highest BCUT2D eigenvalue weighted by molar-refractivity contribution is 6.06. The number of nitrogens with two attached hydrogens (primary N) is 1. The third-order valence-electron chi connectivity index (χ3n) is 8.13. The van der Waals surface area contributed by atoms with E-state index in [-0.39, 0.29) is 5.41 Å². The Hall–Kier alpha value is -3.33. The van der Waals surface area contributed by atoms with Crippen LogP contribution in [0.15, 0.2) is 36.8 Å². The summed E-state index contributed by atoms with van der Waals surface area (Å²) in [4.78, 5) is 16.1. The van der Waals surface area contributed by atoms with Crippen molar-refractivity contribution in [2.24, 2.45) is 17.1 Å². The van der Waals surface area contributed by atoms with Gasteiger partial charge in [-0.25, -0.2) is 4.98 Å². The standard InChI is InChI=1S/C24H27N9/c1-24-13-32(12-17(24)21(24)25)20-7-6-19(30-31-20)28-23-27-10-16-15-8-9-26-11-18(15)33(22(16)29-23)14-4-2-3-5-14/h6-11,14,17,21H,2-5,12-13,25H2,1H3,(H,27,28,29,30)/t17-,21?,24-/m0/s1. The molecule has 2 saturated carbocycles. The second-order valence-corrected chi connectivity index (χ2v) is 10.1. The van der Waals surface area contributed by atoms with Gasteiger partial charge in [-0.05, 0) is 31.0 Å². The number of nitrogens with zero attached hydrogens (tertiary/aromatic N) is 7. The summed E-state index contributed by atoms with van der Waals surface area (Å²) in [5.74, 6) is 2.63. The van der Waals surface area contributed by atoms with Crippen molar-refractivity contribution in [3.63, 3.8) is 0 Å². The monoisotopic (exact) mass is 441 g/mol. The first kappa shape index (κ1) is 19.2. The van der Waals surface area contributed by atoms with Crippen LogP contribution in [0, 0.1) is 11.3 Å². The van der Waals surface area contributed by atoms with Crippen LogP contribution < -0.4 is 16.0 Å². The van der Waals surface area contributed by atoms with Gasteiger partial charge >= 0.3 is 0 Å². The Bertz CT molecular complexity index is 1360. The third-order valence-corrected chi connectivity index (χ3v) is 8.13. The molecule has 1 unspecified atom stereocenters. The summed E-state index contributed by atoms with van der Waals surface area (Å²) in [6.07, 6.45) is 10.6. The van der Waals surface area contributed by atoms with Gasteiger partial charge in [0.2, 0.25) is 5.95 Å². The molecule has 0 spiro atoms. The maximum Gasteiger partial charge on any atom is 0.230 e. The summed E-state index contributed by atoms with van der Waals surface area (Å²) in [5, 5.41) is 14.3. The summed E-state index contributed by atoms with van der Waals surface area (Å²) in [7, 11) is 0. The predicted octanol–water partition coefficient (Wildman–Crippen LogP) is 3.41. The van der Waals surface area contributed by atoms with E-state index >= 15 is 0 Å². The SMILES string of the molecule is C[C@]12CN(c3ccc(Nc4ncc5c6ccncc6n(C6CCCC6)c5n4)nn3)C[C@H]1C2N. The molecule has 3 fully saturated rings. The van der Waals surface area contributed by atoms with E-state index in [9.17, 15) is 0 Å². The lowest BCUT2D eigenvalue weighted by molar-refractivity contribution is 0.546. The zero-order chi connectivity index (χ0) is 22.2. The van der Waals surface area contributed by atoms with Crippen molar-refractivity contribution in [1.29, 1.82) is 0 Å². The molecule has 0 radical (unpaired) electrons. The Labute approximate surface area is 191 Å². The predicted molar refractivity (Wildman–Crippen MR) is 127 cm³/mol. The third kappa shape index (κ3) is 2.84. The van der Waals surface area contributed by atoms with E-state index in [0.717, 1.165) is 40.8 Å². The molecule has 168 valence electrons. The number of pyridine rings is 1. The summed E-state index contributed by atoms with van der Waals surface area (Å²) in [5.41, 5.74) is 8.49. The zero-order valence-corrected chi connectivity index (χ0v) is 18.6. The van der Waals surface area contributed by atoms with Gasteiger partial charge in [0.1, 0.15) is 5.65 Å². The number of aromatic nitrogens is 6. The Kier molecular flexibility index (Phi) is 3.97. The number of fused-ring (bicyclic) bond motifs is 4. The van der Waals surface area contributed by atoms with E-state index < -0.39 is 0 Å². The second-order valence-electron chi connectivity index (χ2n) is 10.1. The Morgan fingerprint density at radius 3 is 2.73 bits per heavy atom. The fourth-order valence-electron chi connectivity index (χ4n) is 6.07. The number of hydrogen-bond donors (Lipinski definition) is 2. The smallest absolute Gasteiger partial charge is 0.230 e. The first-order valence-electron chi connectivity index (χ1n) is 11.8. The molecule has 0 bridgehead atoms. The molecule has 4 aromatic rings. The second kappa shape index (κ2) is 6.84. The normalized spacial score (nSPS) is 26.9. The molecule has 1 saturated heterocycles. The first-order valence-corrected chi connectivity index (χ1v) is 11.8. The highest BCUT2D eigenvalue weighted by Crippen LogP contribution is 2.56. The van der Waals surface area contributed by atoms with Crippen molar-refractivity contribution in [3.8, 4) is 0 Å². The number of nitrogens with one attached hydrogen (secondary N) is 1. The minimum atomic E-state index is 0.231. The van der Waals surface area contributed by atoms with Crippen LogP contribution in [0.2, 0.25) is 0 Å². The molecule has 9 nitrogen and oxygen atoms in total. The molecule has 0 aromatic carbocycles. The minimum absolute atomic E-state index is 0.231. The molecule has 5 heterocycles. The molecule has 2 aliphatic carbocycles. The van der Waals surface area contributed by atoms with Gasteiger partial charge in [0.05, 0.1) is 11.7 Å². The van der Waals surface area contributed by atoms with Gasteiger partial charge in [-0.15, -0.1) is 10.2 Å². The van der Waals surface area contributed by atoms with E-state index in [1.54, 1.807) is 0 Å². The fourth-order valence-corrected chi connectivity index (χ4v) is 6.07. The van der Waals surface area contributed by atoms with Crippen molar-refractivity contribution >= 4 is 39.5 Å². The van der Waals surface area contributed by atoms with Crippen LogP contribution in [0.3, 0.4) is 0 Å². The lowest BCUT2D eigenvalue weighted by atomic mass is 10.1. The lowest BCUT2D eigenvalue weighted by Gasteiger charge is -2.21. The van der Waals surface area contributed by atoms with Gasteiger partial charge in [0.15, 0.2) is 11.6 Å². The first-order chi connectivity index (χ1) is 16.1. The topological polar surface area (TPSA) is 111 Å². The number of piperidine rings is 1. The number of anilines is 3. The van der Waals surface area contributed by atoms with Gasteiger partial charge < -0.3 is 20.5 Å². The summed E-state index contributed by atoms with van der Waals surface area (Å²) < 4.78 is 2.36. The lowest BCUT2D eigenvalue weighted by Crippen LogP contribution is -2.31. The van der Waals surface area contributed by atoms with Crippen LogP contribution in [0.1, 0.15) is 38.6 Å². The number of rotatable bonds is 4. The van der Waals surface area contributed by atoms with E-state index in [0.29, 0.717) is 29.8 Å². The van der Waals surface area contributed by atoms with Crippen LogP contribution in [0.5, 0.6) is 0 Å². The summed E-state index contributed by atoms with van der Waals surface area (Å²) in [6.45, 7) is 4.17. The van der Waals surface area contributed by atoms with Crippen LogP contribution in [0.4, 0.5) is 17.6 Å². The van der Waals surface area contributed by atoms with Crippen LogP contribution >= 0.6 is 0 Å². The molecule has 9 heteroatoms. The zero-order valence-electron chi connectivity index (χ0n) is 18.6. The van der Waals surface area contributed by atoms with E-state index in [2.05, 4.69) is 47.9 Å².